The highest BCUT2D eigenvalue weighted by atomic mass is 79.9. The van der Waals surface area contributed by atoms with Crippen LogP contribution in [0.4, 0.5) is 0 Å². The summed E-state index contributed by atoms with van der Waals surface area (Å²) in [6.07, 6.45) is 4.13. The van der Waals surface area contributed by atoms with E-state index in [-0.39, 0.29) is 17.0 Å². The molecule has 0 aromatic carbocycles. The Labute approximate surface area is 108 Å². The third-order valence-corrected chi connectivity index (χ3v) is 1.73. The van der Waals surface area contributed by atoms with Gasteiger partial charge in [0.2, 0.25) is 0 Å². The van der Waals surface area contributed by atoms with E-state index >= 15 is 0 Å². The topological polar surface area (TPSA) is 22.1 Å². The van der Waals surface area contributed by atoms with Crippen LogP contribution in [-0.4, -0.2) is 15.6 Å². The van der Waals surface area contributed by atoms with E-state index in [4.69, 9.17) is 39.5 Å². The number of aromatic nitrogens is 1. The minimum absolute atomic E-state index is 0. The molecule has 0 radical (unpaired) electrons. The Kier molecular flexibility index (Phi) is 7.08. The lowest BCUT2D eigenvalue weighted by atomic mass is 10.2. The first kappa shape index (κ1) is 14.5. The monoisotopic (exact) mass is 319 g/mol. The molecule has 80 valence electrons. The van der Waals surface area contributed by atoms with Crippen LogP contribution in [0.25, 0.3) is 0 Å². The molecule has 0 saturated heterocycles. The van der Waals surface area contributed by atoms with E-state index in [9.17, 15) is 0 Å². The van der Waals surface area contributed by atoms with Crippen molar-refractivity contribution in [3.8, 4) is 0 Å². The summed E-state index contributed by atoms with van der Waals surface area (Å²) < 4.78 is 3.29. The summed E-state index contributed by atoms with van der Waals surface area (Å²) in [6, 6.07) is 3.78. The van der Waals surface area contributed by atoms with E-state index in [1.165, 1.54) is 0 Å². The molecule has 0 saturated carbocycles. The smallest absolute Gasteiger partial charge is 0.297 e. The predicted octanol–water partition coefficient (Wildman–Crippen LogP) is 3.55. The van der Waals surface area contributed by atoms with Gasteiger partial charge in [0.1, 0.15) is 0 Å². The minimum Gasteiger partial charge on any atom is -0.334 e. The molecule has 6 heteroatoms. The standard InChI is InChI=1S/C8H8Cl3NO.BrH/c9-8(10,11)13-6-3-7-1-4-12-5-2-7;/h1-2,4-5H,3,6H2;1H. The van der Waals surface area contributed by atoms with Gasteiger partial charge in [-0.15, -0.1) is 17.0 Å². The van der Waals surface area contributed by atoms with Crippen LogP contribution < -0.4 is 0 Å². The molecule has 0 aliphatic carbocycles. The fraction of sp³-hybridized carbons (Fsp3) is 0.375. The molecule has 0 atom stereocenters. The Hall–Kier alpha value is 0.460. The van der Waals surface area contributed by atoms with Gasteiger partial charge in [-0.2, -0.15) is 0 Å². The van der Waals surface area contributed by atoms with Crippen molar-refractivity contribution in [2.75, 3.05) is 6.61 Å². The molecule has 0 amide bonds. The maximum absolute atomic E-state index is 5.40. The number of pyridine rings is 1. The third-order valence-electron chi connectivity index (χ3n) is 1.41. The molecule has 0 aliphatic heterocycles. The van der Waals surface area contributed by atoms with E-state index in [0.717, 1.165) is 5.56 Å². The van der Waals surface area contributed by atoms with E-state index < -0.39 is 3.98 Å². The van der Waals surface area contributed by atoms with Crippen LogP contribution >= 0.6 is 51.8 Å². The number of halogens is 4. The molecular formula is C8H9BrCl3NO. The van der Waals surface area contributed by atoms with Crippen LogP contribution in [-0.2, 0) is 11.2 Å². The summed E-state index contributed by atoms with van der Waals surface area (Å²) >= 11 is 16.2. The molecule has 0 spiro atoms. The molecule has 1 aromatic heterocycles. The lowest BCUT2D eigenvalue weighted by Gasteiger charge is -2.11. The first-order chi connectivity index (χ1) is 6.08. The van der Waals surface area contributed by atoms with Gasteiger partial charge in [0.25, 0.3) is 3.98 Å². The molecule has 0 unspecified atom stereocenters. The van der Waals surface area contributed by atoms with Crippen molar-refractivity contribution < 1.29 is 4.74 Å². The first-order valence-electron chi connectivity index (χ1n) is 3.67. The highest BCUT2D eigenvalue weighted by Gasteiger charge is 2.19. The molecule has 0 bridgehead atoms. The summed E-state index contributed by atoms with van der Waals surface area (Å²) in [5.74, 6) is 0. The number of alkyl halides is 3. The van der Waals surface area contributed by atoms with Crippen molar-refractivity contribution in [1.29, 1.82) is 0 Å². The van der Waals surface area contributed by atoms with Crippen LogP contribution in [0.15, 0.2) is 24.5 Å². The average Bonchev–Trinajstić information content (AvgIpc) is 2.04. The van der Waals surface area contributed by atoms with E-state index in [1.54, 1.807) is 12.4 Å². The van der Waals surface area contributed by atoms with E-state index in [2.05, 4.69) is 4.98 Å². The number of hydrogen-bond acceptors (Lipinski definition) is 2. The fourth-order valence-electron chi connectivity index (χ4n) is 0.834. The Morgan fingerprint density at radius 1 is 1.21 bits per heavy atom. The Bertz CT molecular complexity index is 253. The van der Waals surface area contributed by atoms with Gasteiger partial charge in [-0.05, 0) is 24.1 Å². The Balaban J connectivity index is 0.00000169. The molecule has 14 heavy (non-hydrogen) atoms. The van der Waals surface area contributed by atoms with Crippen LogP contribution in [0.1, 0.15) is 5.56 Å². The molecule has 1 heterocycles. The number of hydrogen-bond donors (Lipinski definition) is 0. The molecule has 0 N–H and O–H groups in total. The normalized spacial score (nSPS) is 10.8. The van der Waals surface area contributed by atoms with E-state index in [1.807, 2.05) is 12.1 Å². The zero-order valence-corrected chi connectivity index (χ0v) is 11.1. The van der Waals surface area contributed by atoms with Crippen molar-refractivity contribution in [2.45, 2.75) is 10.4 Å². The van der Waals surface area contributed by atoms with Gasteiger partial charge in [0.15, 0.2) is 0 Å². The zero-order chi connectivity index (χ0) is 9.73. The molecule has 1 rings (SSSR count). The molecule has 2 nitrogen and oxygen atoms in total. The second kappa shape index (κ2) is 6.85. The van der Waals surface area contributed by atoms with Crippen molar-refractivity contribution in [1.82, 2.24) is 4.98 Å². The highest BCUT2D eigenvalue weighted by molar-refractivity contribution is 8.93. The average molecular weight is 321 g/mol. The van der Waals surface area contributed by atoms with Gasteiger partial charge in [-0.1, -0.05) is 34.8 Å². The molecule has 0 aliphatic rings. The van der Waals surface area contributed by atoms with Crippen LogP contribution in [0.2, 0.25) is 0 Å². The minimum atomic E-state index is -1.62. The van der Waals surface area contributed by atoms with Crippen molar-refractivity contribution in [2.24, 2.45) is 0 Å². The lowest BCUT2D eigenvalue weighted by Crippen LogP contribution is -2.11. The van der Waals surface area contributed by atoms with Crippen molar-refractivity contribution in [3.05, 3.63) is 30.1 Å². The Morgan fingerprint density at radius 3 is 2.29 bits per heavy atom. The van der Waals surface area contributed by atoms with Crippen molar-refractivity contribution >= 4 is 51.8 Å². The van der Waals surface area contributed by atoms with Crippen molar-refractivity contribution in [3.63, 3.8) is 0 Å². The summed E-state index contributed by atoms with van der Waals surface area (Å²) in [6.45, 7) is 0.376. The SMILES string of the molecule is Br.ClC(Cl)(Cl)OCCc1ccncc1. The van der Waals surface area contributed by atoms with Gasteiger partial charge in [0, 0.05) is 12.4 Å². The quantitative estimate of drug-likeness (QED) is 0.794. The second-order valence-electron chi connectivity index (χ2n) is 2.40. The van der Waals surface area contributed by atoms with Gasteiger partial charge < -0.3 is 4.74 Å². The number of ether oxygens (including phenoxy) is 1. The third kappa shape index (κ3) is 6.85. The fourth-order valence-corrected chi connectivity index (χ4v) is 1.07. The number of nitrogens with zero attached hydrogens (tertiary/aromatic N) is 1. The summed E-state index contributed by atoms with van der Waals surface area (Å²) in [5, 5.41) is 0. The predicted molar refractivity (Wildman–Crippen MR) is 64.5 cm³/mol. The van der Waals surface area contributed by atoms with E-state index in [0.29, 0.717) is 13.0 Å². The summed E-state index contributed by atoms with van der Waals surface area (Å²) in [7, 11) is 0. The van der Waals surface area contributed by atoms with Gasteiger partial charge >= 0.3 is 0 Å². The molecular weight excluding hydrogens is 312 g/mol. The zero-order valence-electron chi connectivity index (χ0n) is 7.12. The lowest BCUT2D eigenvalue weighted by molar-refractivity contribution is 0.133. The highest BCUT2D eigenvalue weighted by Crippen LogP contribution is 2.27. The second-order valence-corrected chi connectivity index (χ2v) is 4.58. The first-order valence-corrected chi connectivity index (χ1v) is 4.81. The molecule has 0 fully saturated rings. The maximum atomic E-state index is 5.40. The Morgan fingerprint density at radius 2 is 1.79 bits per heavy atom. The summed E-state index contributed by atoms with van der Waals surface area (Å²) in [4.78, 5) is 3.88. The number of rotatable bonds is 3. The summed E-state index contributed by atoms with van der Waals surface area (Å²) in [5.41, 5.74) is 1.10. The largest absolute Gasteiger partial charge is 0.334 e. The van der Waals surface area contributed by atoms with Gasteiger partial charge in [-0.3, -0.25) is 4.98 Å². The van der Waals surface area contributed by atoms with Crippen LogP contribution in [0.3, 0.4) is 0 Å². The van der Waals surface area contributed by atoms with Gasteiger partial charge in [-0.25, -0.2) is 0 Å². The maximum Gasteiger partial charge on any atom is 0.297 e. The van der Waals surface area contributed by atoms with Gasteiger partial charge in [0.05, 0.1) is 6.61 Å². The van der Waals surface area contributed by atoms with Crippen LogP contribution in [0.5, 0.6) is 0 Å². The van der Waals surface area contributed by atoms with Crippen LogP contribution in [0, 0.1) is 0 Å². The molecule has 1 aromatic rings.